The van der Waals surface area contributed by atoms with E-state index in [-0.39, 0.29) is 11.9 Å². The zero-order chi connectivity index (χ0) is 15.6. The van der Waals surface area contributed by atoms with Crippen LogP contribution in [0.3, 0.4) is 0 Å². The summed E-state index contributed by atoms with van der Waals surface area (Å²) in [6.45, 7) is 0. The van der Waals surface area contributed by atoms with Crippen LogP contribution in [0.2, 0.25) is 0 Å². The second-order valence-corrected chi connectivity index (χ2v) is 6.45. The van der Waals surface area contributed by atoms with Crippen molar-refractivity contribution in [3.05, 3.63) is 53.4 Å². The molecule has 1 aliphatic carbocycles. The molecule has 0 saturated heterocycles. The Morgan fingerprint density at radius 1 is 1.22 bits per heavy atom. The highest BCUT2D eigenvalue weighted by Crippen LogP contribution is 2.24. The predicted molar refractivity (Wildman–Crippen MR) is 86.9 cm³/mol. The van der Waals surface area contributed by atoms with Gasteiger partial charge in [0.25, 0.3) is 5.91 Å². The van der Waals surface area contributed by atoms with Crippen molar-refractivity contribution in [2.24, 2.45) is 0 Å². The van der Waals surface area contributed by atoms with Crippen LogP contribution in [0.1, 0.15) is 24.4 Å². The molecule has 0 bridgehead atoms. The molecular weight excluding hydrogens is 310 g/mol. The maximum absolute atomic E-state index is 12.7. The lowest BCUT2D eigenvalue weighted by atomic mass is 10.1. The Morgan fingerprint density at radius 3 is 2.74 bits per heavy atom. The number of hydrogen-bond acceptors (Lipinski definition) is 5. The Morgan fingerprint density at radius 2 is 2.04 bits per heavy atom. The van der Waals surface area contributed by atoms with Gasteiger partial charge in [0.2, 0.25) is 5.82 Å². The fourth-order valence-corrected chi connectivity index (χ4v) is 3.02. The van der Waals surface area contributed by atoms with E-state index in [4.69, 9.17) is 0 Å². The molecule has 23 heavy (non-hydrogen) atoms. The van der Waals surface area contributed by atoms with E-state index in [1.807, 2.05) is 47.8 Å². The molecule has 2 heterocycles. The highest BCUT2D eigenvalue weighted by molar-refractivity contribution is 7.13. The predicted octanol–water partition coefficient (Wildman–Crippen LogP) is 2.27. The van der Waals surface area contributed by atoms with Gasteiger partial charge in [0.1, 0.15) is 0 Å². The number of carbonyl (C=O) groups excluding carboxylic acids is 1. The molecule has 1 N–H and O–H groups in total. The third kappa shape index (κ3) is 3.00. The Hall–Kier alpha value is -2.54. The first-order valence-electron chi connectivity index (χ1n) is 7.50. The molecule has 1 fully saturated rings. The molecule has 6 nitrogen and oxygen atoms in total. The number of carbonyl (C=O) groups is 1. The number of benzene rings is 1. The Balaban J connectivity index is 1.68. The molecule has 0 radical (unpaired) electrons. The van der Waals surface area contributed by atoms with E-state index in [1.165, 1.54) is 4.80 Å². The Labute approximate surface area is 137 Å². The Kier molecular flexibility index (Phi) is 3.63. The van der Waals surface area contributed by atoms with E-state index in [0.717, 1.165) is 23.3 Å². The van der Waals surface area contributed by atoms with Crippen molar-refractivity contribution in [1.29, 1.82) is 0 Å². The number of aromatic nitrogens is 4. The van der Waals surface area contributed by atoms with Crippen LogP contribution in [0.5, 0.6) is 0 Å². The molecule has 0 spiro atoms. The summed E-state index contributed by atoms with van der Waals surface area (Å²) in [4.78, 5) is 15.0. The highest BCUT2D eigenvalue weighted by atomic mass is 32.1. The quantitative estimate of drug-likeness (QED) is 0.781. The summed E-state index contributed by atoms with van der Waals surface area (Å²) in [5.41, 5.74) is 0.848. The number of tetrazole rings is 1. The molecule has 1 aliphatic rings. The molecule has 7 heteroatoms. The summed E-state index contributed by atoms with van der Waals surface area (Å²) in [6, 6.07) is 13.1. The second kappa shape index (κ2) is 5.92. The summed E-state index contributed by atoms with van der Waals surface area (Å²) in [7, 11) is 0. The summed E-state index contributed by atoms with van der Waals surface area (Å²) >= 11 is 1.55. The van der Waals surface area contributed by atoms with Crippen LogP contribution in [-0.2, 0) is 4.79 Å². The lowest BCUT2D eigenvalue weighted by Gasteiger charge is -2.15. The van der Waals surface area contributed by atoms with E-state index in [9.17, 15) is 4.79 Å². The molecule has 1 amide bonds. The maximum Gasteiger partial charge on any atom is 0.251 e. The van der Waals surface area contributed by atoms with Gasteiger partial charge in [-0.25, -0.2) is 0 Å². The lowest BCUT2D eigenvalue weighted by molar-refractivity contribution is -0.123. The minimum Gasteiger partial charge on any atom is -0.351 e. The van der Waals surface area contributed by atoms with E-state index in [2.05, 4.69) is 20.7 Å². The molecule has 1 atom stereocenters. The van der Waals surface area contributed by atoms with Crippen molar-refractivity contribution in [1.82, 2.24) is 25.5 Å². The van der Waals surface area contributed by atoms with E-state index in [1.54, 1.807) is 11.3 Å². The normalized spacial score (nSPS) is 15.3. The monoisotopic (exact) mass is 325 g/mol. The molecule has 0 unspecified atom stereocenters. The van der Waals surface area contributed by atoms with Gasteiger partial charge in [0, 0.05) is 6.04 Å². The summed E-state index contributed by atoms with van der Waals surface area (Å²) in [5, 5.41) is 17.6. The fraction of sp³-hybridized carbons (Fsp3) is 0.250. The number of rotatable bonds is 5. The van der Waals surface area contributed by atoms with Gasteiger partial charge in [0.05, 0.1) is 4.88 Å². The number of amides is 1. The second-order valence-electron chi connectivity index (χ2n) is 5.51. The first-order valence-corrected chi connectivity index (χ1v) is 8.38. The zero-order valence-corrected chi connectivity index (χ0v) is 13.1. The number of thiophene rings is 1. The van der Waals surface area contributed by atoms with Gasteiger partial charge in [-0.05, 0) is 35.1 Å². The third-order valence-corrected chi connectivity index (χ3v) is 4.55. The van der Waals surface area contributed by atoms with Crippen LogP contribution >= 0.6 is 11.3 Å². The third-order valence-electron chi connectivity index (χ3n) is 3.69. The SMILES string of the molecule is O=C(NC1CC1)[C@H](c1ccccc1)n1nnc(-c2cccs2)n1. The average Bonchev–Trinajstić information content (AvgIpc) is 3.05. The van der Waals surface area contributed by atoms with E-state index >= 15 is 0 Å². The van der Waals surface area contributed by atoms with Gasteiger partial charge in [-0.3, -0.25) is 4.79 Å². The summed E-state index contributed by atoms with van der Waals surface area (Å²) in [6.07, 6.45) is 2.08. The molecule has 0 aliphatic heterocycles. The molecule has 3 aromatic rings. The van der Waals surface area contributed by atoms with E-state index in [0.29, 0.717) is 5.82 Å². The Bertz CT molecular complexity index is 795. The van der Waals surface area contributed by atoms with Crippen molar-refractivity contribution in [2.75, 3.05) is 0 Å². The summed E-state index contributed by atoms with van der Waals surface area (Å²) < 4.78 is 0. The minimum atomic E-state index is -0.599. The van der Waals surface area contributed by atoms with Crippen LogP contribution in [0.4, 0.5) is 0 Å². The van der Waals surface area contributed by atoms with Crippen LogP contribution in [0, 0.1) is 0 Å². The largest absolute Gasteiger partial charge is 0.351 e. The molecular formula is C16H15N5OS. The van der Waals surface area contributed by atoms with Crippen molar-refractivity contribution in [3.8, 4) is 10.7 Å². The van der Waals surface area contributed by atoms with Gasteiger partial charge >= 0.3 is 0 Å². The highest BCUT2D eigenvalue weighted by Gasteiger charge is 2.31. The van der Waals surface area contributed by atoms with Crippen LogP contribution < -0.4 is 5.32 Å². The fourth-order valence-electron chi connectivity index (χ4n) is 2.37. The number of hydrogen-bond donors (Lipinski definition) is 1. The molecule has 1 aromatic carbocycles. The molecule has 4 rings (SSSR count). The first-order chi connectivity index (χ1) is 11.3. The minimum absolute atomic E-state index is 0.0890. The van der Waals surface area contributed by atoms with Gasteiger partial charge in [-0.1, -0.05) is 36.4 Å². The van der Waals surface area contributed by atoms with Gasteiger partial charge in [-0.2, -0.15) is 0 Å². The molecule has 2 aromatic heterocycles. The van der Waals surface area contributed by atoms with Crippen molar-refractivity contribution in [3.63, 3.8) is 0 Å². The van der Waals surface area contributed by atoms with Crippen LogP contribution in [0.25, 0.3) is 10.7 Å². The molecule has 116 valence electrons. The topological polar surface area (TPSA) is 72.7 Å². The van der Waals surface area contributed by atoms with E-state index < -0.39 is 6.04 Å². The van der Waals surface area contributed by atoms with Gasteiger partial charge in [0.15, 0.2) is 6.04 Å². The van der Waals surface area contributed by atoms with Crippen LogP contribution in [-0.4, -0.2) is 32.2 Å². The lowest BCUT2D eigenvalue weighted by Crippen LogP contribution is -2.35. The summed E-state index contributed by atoms with van der Waals surface area (Å²) in [5.74, 6) is 0.453. The number of nitrogens with zero attached hydrogens (tertiary/aromatic N) is 4. The maximum atomic E-state index is 12.7. The van der Waals surface area contributed by atoms with Gasteiger partial charge in [-0.15, -0.1) is 26.3 Å². The zero-order valence-electron chi connectivity index (χ0n) is 12.3. The smallest absolute Gasteiger partial charge is 0.251 e. The van der Waals surface area contributed by atoms with Crippen molar-refractivity contribution >= 4 is 17.2 Å². The standard InChI is InChI=1S/C16H15N5OS/c22-16(17-12-8-9-12)14(11-5-2-1-3-6-11)21-19-15(18-20-21)13-7-4-10-23-13/h1-7,10,12,14H,8-9H2,(H,17,22)/t14-/m0/s1. The number of nitrogens with one attached hydrogen (secondary N) is 1. The molecule has 1 saturated carbocycles. The average molecular weight is 325 g/mol. The van der Waals surface area contributed by atoms with Gasteiger partial charge < -0.3 is 5.32 Å². The van der Waals surface area contributed by atoms with Crippen molar-refractivity contribution in [2.45, 2.75) is 24.9 Å². The van der Waals surface area contributed by atoms with Crippen LogP contribution in [0.15, 0.2) is 47.8 Å². The van der Waals surface area contributed by atoms with Crippen molar-refractivity contribution < 1.29 is 4.79 Å². The first kappa shape index (κ1) is 14.1.